The molecule has 2 N–H and O–H groups in total. The highest BCUT2D eigenvalue weighted by atomic mass is 79.9. The van der Waals surface area contributed by atoms with Crippen molar-refractivity contribution in [2.75, 3.05) is 13.6 Å². The maximum absolute atomic E-state index is 13.0. The second-order valence-corrected chi connectivity index (χ2v) is 6.77. The average molecular weight is 343 g/mol. The molecule has 102 valence electrons. The maximum atomic E-state index is 13.0. The number of likely N-dealkylation sites (N-methyl/N-ethyl adjacent to an activating group) is 1. The van der Waals surface area contributed by atoms with Gasteiger partial charge >= 0.3 is 0 Å². The molecule has 0 saturated carbocycles. The molecule has 2 aromatic rings. The predicted octanol–water partition coefficient (Wildman–Crippen LogP) is 3.78. The number of rotatable bonds is 5. The summed E-state index contributed by atoms with van der Waals surface area (Å²) >= 11 is 5.14. The summed E-state index contributed by atoms with van der Waals surface area (Å²) in [5.41, 5.74) is 8.15. The quantitative estimate of drug-likeness (QED) is 0.895. The third-order valence-electron chi connectivity index (χ3n) is 3.06. The molecule has 0 fully saturated rings. The van der Waals surface area contributed by atoms with Crippen LogP contribution in [-0.2, 0) is 6.54 Å². The van der Waals surface area contributed by atoms with E-state index in [-0.39, 0.29) is 11.9 Å². The minimum atomic E-state index is -0.219. The monoisotopic (exact) mass is 342 g/mol. The molecule has 1 aromatic carbocycles. The first-order chi connectivity index (χ1) is 9.10. The second kappa shape index (κ2) is 6.61. The summed E-state index contributed by atoms with van der Waals surface area (Å²) in [6.45, 7) is 1.33. The van der Waals surface area contributed by atoms with Crippen LogP contribution in [-0.4, -0.2) is 18.5 Å². The Hall–Kier alpha value is -0.750. The largest absolute Gasteiger partial charge is 0.329 e. The number of hydrogen-bond acceptors (Lipinski definition) is 3. The lowest BCUT2D eigenvalue weighted by Crippen LogP contribution is -2.30. The third-order valence-corrected chi connectivity index (χ3v) is 4.62. The Morgan fingerprint density at radius 3 is 2.58 bits per heavy atom. The van der Waals surface area contributed by atoms with Crippen LogP contribution >= 0.6 is 27.3 Å². The summed E-state index contributed by atoms with van der Waals surface area (Å²) < 4.78 is 14.1. The van der Waals surface area contributed by atoms with Crippen LogP contribution in [0.3, 0.4) is 0 Å². The Morgan fingerprint density at radius 1 is 1.37 bits per heavy atom. The van der Waals surface area contributed by atoms with Gasteiger partial charge < -0.3 is 5.73 Å². The number of benzene rings is 1. The maximum Gasteiger partial charge on any atom is 0.123 e. The van der Waals surface area contributed by atoms with Gasteiger partial charge in [-0.3, -0.25) is 4.90 Å². The van der Waals surface area contributed by atoms with Crippen molar-refractivity contribution in [1.82, 2.24) is 4.90 Å². The first-order valence-electron chi connectivity index (χ1n) is 5.99. The summed E-state index contributed by atoms with van der Waals surface area (Å²) in [5.74, 6) is -0.219. The number of thiophene rings is 1. The molecular weight excluding hydrogens is 327 g/mol. The van der Waals surface area contributed by atoms with Crippen molar-refractivity contribution in [2.24, 2.45) is 5.73 Å². The van der Waals surface area contributed by atoms with E-state index in [1.165, 1.54) is 17.7 Å². The Bertz CT molecular complexity index is 526. The van der Waals surface area contributed by atoms with Crippen molar-refractivity contribution in [3.63, 3.8) is 0 Å². The van der Waals surface area contributed by atoms with Gasteiger partial charge in [0.05, 0.1) is 3.79 Å². The fourth-order valence-corrected chi connectivity index (χ4v) is 3.28. The number of halogens is 2. The zero-order valence-electron chi connectivity index (χ0n) is 10.6. The van der Waals surface area contributed by atoms with Gasteiger partial charge in [-0.1, -0.05) is 12.1 Å². The third kappa shape index (κ3) is 3.86. The molecule has 1 aromatic heterocycles. The fourth-order valence-electron chi connectivity index (χ4n) is 2.08. The lowest BCUT2D eigenvalue weighted by molar-refractivity contribution is 0.242. The summed E-state index contributed by atoms with van der Waals surface area (Å²) in [6.07, 6.45) is 0. The van der Waals surface area contributed by atoms with Gasteiger partial charge in [0.2, 0.25) is 0 Å². The van der Waals surface area contributed by atoms with Crippen molar-refractivity contribution >= 4 is 27.3 Å². The molecule has 19 heavy (non-hydrogen) atoms. The SMILES string of the molecule is CN(Cc1csc(Br)c1)C(CN)c1ccc(F)cc1. The van der Waals surface area contributed by atoms with Crippen LogP contribution in [0.4, 0.5) is 4.39 Å². The first-order valence-corrected chi connectivity index (χ1v) is 7.66. The van der Waals surface area contributed by atoms with Crippen LogP contribution in [0.25, 0.3) is 0 Å². The minimum Gasteiger partial charge on any atom is -0.329 e. The Labute approximate surface area is 125 Å². The first kappa shape index (κ1) is 14.7. The van der Waals surface area contributed by atoms with Crippen molar-refractivity contribution in [3.8, 4) is 0 Å². The lowest BCUT2D eigenvalue weighted by atomic mass is 10.1. The Balaban J connectivity index is 2.10. The summed E-state index contributed by atoms with van der Waals surface area (Å²) in [7, 11) is 2.03. The van der Waals surface area contributed by atoms with E-state index in [0.717, 1.165) is 15.9 Å². The highest BCUT2D eigenvalue weighted by Gasteiger charge is 2.16. The van der Waals surface area contributed by atoms with Crippen molar-refractivity contribution in [2.45, 2.75) is 12.6 Å². The zero-order valence-corrected chi connectivity index (χ0v) is 13.0. The fraction of sp³-hybridized carbons (Fsp3) is 0.286. The summed E-state index contributed by atoms with van der Waals surface area (Å²) in [5, 5.41) is 2.12. The van der Waals surface area contributed by atoms with Crippen molar-refractivity contribution in [1.29, 1.82) is 0 Å². The molecular formula is C14H16BrFN2S. The molecule has 1 unspecified atom stereocenters. The van der Waals surface area contributed by atoms with E-state index in [0.29, 0.717) is 6.54 Å². The highest BCUT2D eigenvalue weighted by Crippen LogP contribution is 2.25. The Morgan fingerprint density at radius 2 is 2.05 bits per heavy atom. The average Bonchev–Trinajstić information content (AvgIpc) is 2.78. The van der Waals surface area contributed by atoms with E-state index in [4.69, 9.17) is 5.73 Å². The van der Waals surface area contributed by atoms with Crippen LogP contribution < -0.4 is 5.73 Å². The topological polar surface area (TPSA) is 29.3 Å². The molecule has 0 radical (unpaired) electrons. The smallest absolute Gasteiger partial charge is 0.123 e. The molecule has 0 bridgehead atoms. The van der Waals surface area contributed by atoms with Gasteiger partial charge in [0.25, 0.3) is 0 Å². The molecule has 1 heterocycles. The van der Waals surface area contributed by atoms with Gasteiger partial charge in [-0.2, -0.15) is 0 Å². The van der Waals surface area contributed by atoms with Crippen LogP contribution in [0.5, 0.6) is 0 Å². The van der Waals surface area contributed by atoms with Crippen LogP contribution in [0, 0.1) is 5.82 Å². The lowest BCUT2D eigenvalue weighted by Gasteiger charge is -2.27. The Kier molecular flexibility index (Phi) is 5.10. The number of nitrogens with zero attached hydrogens (tertiary/aromatic N) is 1. The van der Waals surface area contributed by atoms with Crippen LogP contribution in [0.15, 0.2) is 39.5 Å². The van der Waals surface area contributed by atoms with Gasteiger partial charge in [-0.05, 0) is 57.7 Å². The summed E-state index contributed by atoms with van der Waals surface area (Å²) in [4.78, 5) is 2.18. The molecule has 0 aliphatic heterocycles. The minimum absolute atomic E-state index is 0.0966. The molecule has 0 aliphatic carbocycles. The van der Waals surface area contributed by atoms with Gasteiger partial charge in [-0.15, -0.1) is 11.3 Å². The predicted molar refractivity (Wildman–Crippen MR) is 81.7 cm³/mol. The van der Waals surface area contributed by atoms with E-state index < -0.39 is 0 Å². The molecule has 2 rings (SSSR count). The molecule has 0 spiro atoms. The van der Waals surface area contributed by atoms with Crippen LogP contribution in [0.1, 0.15) is 17.2 Å². The van der Waals surface area contributed by atoms with Gasteiger partial charge in [-0.25, -0.2) is 4.39 Å². The number of nitrogens with two attached hydrogens (primary N) is 1. The molecule has 0 aliphatic rings. The van der Waals surface area contributed by atoms with E-state index in [1.807, 2.05) is 7.05 Å². The van der Waals surface area contributed by atoms with Crippen molar-refractivity contribution < 1.29 is 4.39 Å². The van der Waals surface area contributed by atoms with E-state index in [9.17, 15) is 4.39 Å². The molecule has 0 amide bonds. The van der Waals surface area contributed by atoms with E-state index >= 15 is 0 Å². The standard InChI is InChI=1S/C14H16BrFN2S/c1-18(8-10-6-14(15)19-9-10)13(7-17)11-2-4-12(16)5-3-11/h2-6,9,13H,7-8,17H2,1H3. The normalized spacial score (nSPS) is 12.9. The second-order valence-electron chi connectivity index (χ2n) is 4.48. The van der Waals surface area contributed by atoms with Gasteiger partial charge in [0.15, 0.2) is 0 Å². The summed E-state index contributed by atoms with van der Waals surface area (Å²) in [6, 6.07) is 8.76. The highest BCUT2D eigenvalue weighted by molar-refractivity contribution is 9.11. The number of hydrogen-bond donors (Lipinski definition) is 1. The van der Waals surface area contributed by atoms with E-state index in [1.54, 1.807) is 23.5 Å². The zero-order chi connectivity index (χ0) is 13.8. The molecule has 2 nitrogen and oxygen atoms in total. The van der Waals surface area contributed by atoms with Crippen LogP contribution in [0.2, 0.25) is 0 Å². The van der Waals surface area contributed by atoms with Gasteiger partial charge in [0, 0.05) is 19.1 Å². The van der Waals surface area contributed by atoms with Gasteiger partial charge in [0.1, 0.15) is 5.82 Å². The van der Waals surface area contributed by atoms with Crippen molar-refractivity contribution in [3.05, 3.63) is 56.4 Å². The molecule has 0 saturated heterocycles. The molecule has 5 heteroatoms. The van der Waals surface area contributed by atoms with E-state index in [2.05, 4.69) is 32.3 Å². The molecule has 1 atom stereocenters.